The van der Waals surface area contributed by atoms with Gasteiger partial charge < -0.3 is 15.2 Å². The van der Waals surface area contributed by atoms with Crippen LogP contribution in [0, 0.1) is 0 Å². The highest BCUT2D eigenvalue weighted by atomic mass is 19.4. The summed E-state index contributed by atoms with van der Waals surface area (Å²) in [4.78, 5) is 0. The van der Waals surface area contributed by atoms with E-state index in [0.29, 0.717) is 6.42 Å². The van der Waals surface area contributed by atoms with Crippen LogP contribution < -0.4 is 5.32 Å². The Morgan fingerprint density at radius 1 is 1.43 bits per heavy atom. The number of aliphatic hydroxyl groups is 1. The Bertz CT molecular complexity index is 141. The van der Waals surface area contributed by atoms with Crippen molar-refractivity contribution in [1.29, 1.82) is 0 Å². The minimum absolute atomic E-state index is 0.00582. The van der Waals surface area contributed by atoms with Gasteiger partial charge in [-0.1, -0.05) is 0 Å². The summed E-state index contributed by atoms with van der Waals surface area (Å²) in [5.41, 5.74) is 0. The van der Waals surface area contributed by atoms with Crippen LogP contribution in [0.15, 0.2) is 0 Å². The average Bonchev–Trinajstić information content (AvgIpc) is 2.08. The quantitative estimate of drug-likeness (QED) is 0.621. The lowest BCUT2D eigenvalue weighted by molar-refractivity contribution is -0.145. The SMILES string of the molecule is CNC(CCO)COCCC(F)(F)F. The molecule has 6 heteroatoms. The summed E-state index contributed by atoms with van der Waals surface area (Å²) in [7, 11) is 1.67. The molecule has 2 N–H and O–H groups in total. The number of hydrogen-bond donors (Lipinski definition) is 2. The van der Waals surface area contributed by atoms with Crippen LogP contribution in [-0.4, -0.2) is 44.2 Å². The fraction of sp³-hybridized carbons (Fsp3) is 1.00. The van der Waals surface area contributed by atoms with E-state index in [1.165, 1.54) is 0 Å². The predicted molar refractivity (Wildman–Crippen MR) is 46.0 cm³/mol. The Morgan fingerprint density at radius 3 is 2.50 bits per heavy atom. The molecule has 0 saturated heterocycles. The molecule has 3 nitrogen and oxygen atoms in total. The topological polar surface area (TPSA) is 41.5 Å². The Kier molecular flexibility index (Phi) is 6.86. The van der Waals surface area contributed by atoms with Gasteiger partial charge in [0.2, 0.25) is 0 Å². The van der Waals surface area contributed by atoms with Gasteiger partial charge in [0.1, 0.15) is 0 Å². The highest BCUT2D eigenvalue weighted by molar-refractivity contribution is 4.62. The average molecular weight is 215 g/mol. The molecule has 0 bridgehead atoms. The van der Waals surface area contributed by atoms with E-state index in [4.69, 9.17) is 9.84 Å². The number of halogens is 3. The van der Waals surface area contributed by atoms with Crippen LogP contribution in [0.4, 0.5) is 13.2 Å². The molecule has 0 rings (SSSR count). The molecular formula is C8H16F3NO2. The Labute approximate surface area is 81.2 Å². The van der Waals surface area contributed by atoms with Crippen molar-refractivity contribution in [2.75, 3.05) is 26.9 Å². The smallest absolute Gasteiger partial charge is 0.391 e. The van der Waals surface area contributed by atoms with E-state index in [-0.39, 0.29) is 25.9 Å². The third kappa shape index (κ3) is 8.28. The lowest BCUT2D eigenvalue weighted by atomic mass is 10.2. The molecule has 0 amide bonds. The fourth-order valence-corrected chi connectivity index (χ4v) is 0.880. The molecule has 0 aliphatic heterocycles. The molecule has 86 valence electrons. The first-order chi connectivity index (χ1) is 6.49. The zero-order valence-electron chi connectivity index (χ0n) is 8.10. The van der Waals surface area contributed by atoms with Crippen molar-refractivity contribution >= 4 is 0 Å². The van der Waals surface area contributed by atoms with E-state index in [9.17, 15) is 13.2 Å². The van der Waals surface area contributed by atoms with E-state index >= 15 is 0 Å². The van der Waals surface area contributed by atoms with E-state index < -0.39 is 12.6 Å². The fourth-order valence-electron chi connectivity index (χ4n) is 0.880. The number of likely N-dealkylation sites (N-methyl/N-ethyl adjacent to an activating group) is 1. The Hall–Kier alpha value is -0.330. The van der Waals surface area contributed by atoms with Gasteiger partial charge in [0, 0.05) is 12.6 Å². The molecular weight excluding hydrogens is 199 g/mol. The molecule has 1 atom stereocenters. The van der Waals surface area contributed by atoms with Gasteiger partial charge in [-0.15, -0.1) is 0 Å². The maximum absolute atomic E-state index is 11.7. The molecule has 0 fully saturated rings. The van der Waals surface area contributed by atoms with Crippen LogP contribution in [0.5, 0.6) is 0 Å². The van der Waals surface area contributed by atoms with E-state index in [1.54, 1.807) is 7.05 Å². The third-order valence-corrected chi connectivity index (χ3v) is 1.73. The first-order valence-electron chi connectivity index (χ1n) is 4.42. The summed E-state index contributed by atoms with van der Waals surface area (Å²) in [6, 6.07) is -0.0896. The first-order valence-corrected chi connectivity index (χ1v) is 4.42. The van der Waals surface area contributed by atoms with Crippen molar-refractivity contribution < 1.29 is 23.0 Å². The van der Waals surface area contributed by atoms with Crippen LogP contribution in [-0.2, 0) is 4.74 Å². The van der Waals surface area contributed by atoms with Gasteiger partial charge >= 0.3 is 6.18 Å². The zero-order chi connectivity index (χ0) is 11.0. The predicted octanol–water partition coefficient (Wildman–Crippen LogP) is 0.926. The minimum atomic E-state index is -4.16. The molecule has 0 spiro atoms. The summed E-state index contributed by atoms with van der Waals surface area (Å²) >= 11 is 0. The van der Waals surface area contributed by atoms with Crippen molar-refractivity contribution in [2.24, 2.45) is 0 Å². The second-order valence-electron chi connectivity index (χ2n) is 2.94. The van der Waals surface area contributed by atoms with Crippen molar-refractivity contribution in [3.8, 4) is 0 Å². The standard InChI is InChI=1S/C8H16F3NO2/c1-12-7(2-4-13)6-14-5-3-8(9,10)11/h7,12-13H,2-6H2,1H3. The highest BCUT2D eigenvalue weighted by Gasteiger charge is 2.26. The number of nitrogens with one attached hydrogen (secondary N) is 1. The maximum Gasteiger partial charge on any atom is 0.391 e. The second-order valence-corrected chi connectivity index (χ2v) is 2.94. The minimum Gasteiger partial charge on any atom is -0.396 e. The van der Waals surface area contributed by atoms with Crippen LogP contribution in [0.25, 0.3) is 0 Å². The lowest BCUT2D eigenvalue weighted by Gasteiger charge is -2.15. The molecule has 14 heavy (non-hydrogen) atoms. The van der Waals surface area contributed by atoms with Crippen LogP contribution in [0.3, 0.4) is 0 Å². The van der Waals surface area contributed by atoms with Gasteiger partial charge in [0.25, 0.3) is 0 Å². The van der Waals surface area contributed by atoms with E-state index in [1.807, 2.05) is 0 Å². The van der Waals surface area contributed by atoms with Gasteiger partial charge in [0.15, 0.2) is 0 Å². The monoisotopic (exact) mass is 215 g/mol. The molecule has 0 heterocycles. The Balaban J connectivity index is 3.42. The molecule has 0 aliphatic rings. The zero-order valence-corrected chi connectivity index (χ0v) is 8.10. The first kappa shape index (κ1) is 13.7. The second kappa shape index (κ2) is 7.03. The maximum atomic E-state index is 11.7. The summed E-state index contributed by atoms with van der Waals surface area (Å²) in [6.45, 7) is -0.144. The van der Waals surface area contributed by atoms with Gasteiger partial charge in [-0.2, -0.15) is 13.2 Å². The molecule has 0 saturated carbocycles. The van der Waals surface area contributed by atoms with Gasteiger partial charge in [-0.05, 0) is 13.5 Å². The summed E-state index contributed by atoms with van der Waals surface area (Å²) in [5, 5.41) is 11.4. The largest absolute Gasteiger partial charge is 0.396 e. The van der Waals surface area contributed by atoms with E-state index in [2.05, 4.69) is 5.32 Å². The normalized spacial score (nSPS) is 14.4. The molecule has 0 radical (unpaired) electrons. The number of hydrogen-bond acceptors (Lipinski definition) is 3. The number of ether oxygens (including phenoxy) is 1. The van der Waals surface area contributed by atoms with Gasteiger partial charge in [-0.3, -0.25) is 0 Å². The molecule has 1 unspecified atom stereocenters. The van der Waals surface area contributed by atoms with Gasteiger partial charge in [0.05, 0.1) is 19.6 Å². The van der Waals surface area contributed by atoms with Crippen LogP contribution in [0.2, 0.25) is 0 Å². The molecule has 0 aromatic carbocycles. The van der Waals surface area contributed by atoms with Crippen molar-refractivity contribution in [1.82, 2.24) is 5.32 Å². The summed E-state index contributed by atoms with van der Waals surface area (Å²) in [6.07, 6.45) is -4.61. The third-order valence-electron chi connectivity index (χ3n) is 1.73. The Morgan fingerprint density at radius 2 is 2.07 bits per heavy atom. The lowest BCUT2D eigenvalue weighted by Crippen LogP contribution is -2.31. The molecule has 0 aromatic heterocycles. The highest BCUT2D eigenvalue weighted by Crippen LogP contribution is 2.18. The molecule has 0 aromatic rings. The van der Waals surface area contributed by atoms with Crippen molar-refractivity contribution in [3.05, 3.63) is 0 Å². The van der Waals surface area contributed by atoms with Crippen LogP contribution >= 0.6 is 0 Å². The number of aliphatic hydroxyl groups excluding tert-OH is 1. The van der Waals surface area contributed by atoms with Crippen molar-refractivity contribution in [2.45, 2.75) is 25.1 Å². The van der Waals surface area contributed by atoms with Gasteiger partial charge in [-0.25, -0.2) is 0 Å². The summed E-state index contributed by atoms with van der Waals surface area (Å²) in [5.74, 6) is 0. The summed E-state index contributed by atoms with van der Waals surface area (Å²) < 4.78 is 39.8. The molecule has 0 aliphatic carbocycles. The number of alkyl halides is 3. The number of rotatable bonds is 7. The van der Waals surface area contributed by atoms with E-state index in [0.717, 1.165) is 0 Å². The van der Waals surface area contributed by atoms with Crippen LogP contribution in [0.1, 0.15) is 12.8 Å². The van der Waals surface area contributed by atoms with Crippen molar-refractivity contribution in [3.63, 3.8) is 0 Å².